The maximum atomic E-state index is 6.11. The quantitative estimate of drug-likeness (QED) is 0.835. The fraction of sp³-hybridized carbons (Fsp3) is 0.533. The second kappa shape index (κ2) is 4.32. The zero-order valence-electron chi connectivity index (χ0n) is 11.7. The van der Waals surface area contributed by atoms with Crippen LogP contribution in [0.25, 0.3) is 10.2 Å². The van der Waals surface area contributed by atoms with Crippen LogP contribution < -0.4 is 20.7 Å². The van der Waals surface area contributed by atoms with E-state index in [1.165, 1.54) is 10.3 Å². The second-order valence-corrected chi connectivity index (χ2v) is 7.23. The lowest BCUT2D eigenvalue weighted by atomic mass is 10.1. The van der Waals surface area contributed by atoms with E-state index in [1.807, 2.05) is 0 Å². The van der Waals surface area contributed by atoms with Crippen LogP contribution in [0.2, 0.25) is 0 Å². The Bertz CT molecular complexity index is 715. The molecule has 2 fully saturated rings. The molecule has 3 N–H and O–H groups in total. The highest BCUT2D eigenvalue weighted by Gasteiger charge is 2.42. The molecule has 0 spiro atoms. The number of benzene rings is 1. The molecule has 2 aliphatic heterocycles. The molecular weight excluding hydrogens is 284 g/mol. The summed E-state index contributed by atoms with van der Waals surface area (Å²) in [5.74, 6) is 1.01. The monoisotopic (exact) mass is 302 g/mol. The lowest BCUT2D eigenvalue weighted by molar-refractivity contribution is 0.357. The normalized spacial score (nSPS) is 30.7. The van der Waals surface area contributed by atoms with Crippen LogP contribution in [0.1, 0.15) is 18.4 Å². The van der Waals surface area contributed by atoms with Crippen LogP contribution in [0.5, 0.6) is 5.75 Å². The predicted molar refractivity (Wildman–Crippen MR) is 84.1 cm³/mol. The largest absolute Gasteiger partial charge is 0.493 e. The van der Waals surface area contributed by atoms with Gasteiger partial charge in [0, 0.05) is 30.1 Å². The van der Waals surface area contributed by atoms with Gasteiger partial charge < -0.3 is 15.4 Å². The summed E-state index contributed by atoms with van der Waals surface area (Å²) in [5, 5.41) is 4.71. The third-order valence-corrected chi connectivity index (χ3v) is 6.01. The van der Waals surface area contributed by atoms with Gasteiger partial charge in [-0.1, -0.05) is 11.3 Å². The maximum absolute atomic E-state index is 6.11. The average molecular weight is 302 g/mol. The molecule has 0 bridgehead atoms. The fourth-order valence-electron chi connectivity index (χ4n) is 3.94. The van der Waals surface area contributed by atoms with Crippen LogP contribution in [-0.2, 0) is 6.42 Å². The van der Waals surface area contributed by atoms with Gasteiger partial charge in [-0.25, -0.2) is 4.98 Å². The van der Waals surface area contributed by atoms with Crippen molar-refractivity contribution in [3.05, 3.63) is 17.7 Å². The standard InChI is InChI=1S/C15H18N4OS/c16-8-5-10-11(6-8)19(7-17-10)15-18-14-9-3-4-20-12(9)1-2-13(14)21-15/h1-2,8,10-11,17H,3-7,16H2/t8-,10-,11+/m1/s1. The molecule has 3 aliphatic rings. The van der Waals surface area contributed by atoms with E-state index in [9.17, 15) is 0 Å². The molecule has 1 aromatic heterocycles. The molecule has 2 aromatic rings. The number of hydrogen-bond acceptors (Lipinski definition) is 6. The summed E-state index contributed by atoms with van der Waals surface area (Å²) >= 11 is 1.79. The summed E-state index contributed by atoms with van der Waals surface area (Å²) in [6, 6.07) is 5.58. The first kappa shape index (κ1) is 12.2. The molecule has 1 aliphatic carbocycles. The van der Waals surface area contributed by atoms with E-state index in [1.54, 1.807) is 11.3 Å². The van der Waals surface area contributed by atoms with Gasteiger partial charge in [-0.3, -0.25) is 5.32 Å². The molecule has 1 saturated carbocycles. The molecule has 3 heterocycles. The Balaban J connectivity index is 1.57. The van der Waals surface area contributed by atoms with E-state index in [-0.39, 0.29) is 0 Å². The van der Waals surface area contributed by atoms with Gasteiger partial charge >= 0.3 is 0 Å². The van der Waals surface area contributed by atoms with Crippen LogP contribution >= 0.6 is 11.3 Å². The molecule has 3 atom stereocenters. The van der Waals surface area contributed by atoms with E-state index in [0.717, 1.165) is 48.9 Å². The highest BCUT2D eigenvalue weighted by atomic mass is 32.1. The second-order valence-electron chi connectivity index (χ2n) is 6.22. The van der Waals surface area contributed by atoms with Crippen molar-refractivity contribution in [2.45, 2.75) is 37.4 Å². The molecule has 5 nitrogen and oxygen atoms in total. The summed E-state index contributed by atoms with van der Waals surface area (Å²) in [4.78, 5) is 7.34. The number of rotatable bonds is 1. The number of nitrogens with two attached hydrogens (primary N) is 1. The lowest BCUT2D eigenvalue weighted by Crippen LogP contribution is -2.32. The first-order chi connectivity index (χ1) is 10.3. The number of nitrogens with zero attached hydrogens (tertiary/aromatic N) is 2. The Morgan fingerprint density at radius 2 is 2.33 bits per heavy atom. The minimum Gasteiger partial charge on any atom is -0.493 e. The number of nitrogens with one attached hydrogen (secondary N) is 1. The van der Waals surface area contributed by atoms with E-state index in [4.69, 9.17) is 15.5 Å². The Morgan fingerprint density at radius 1 is 1.38 bits per heavy atom. The van der Waals surface area contributed by atoms with Crippen LogP contribution in [0.15, 0.2) is 12.1 Å². The van der Waals surface area contributed by atoms with Crippen LogP contribution in [0, 0.1) is 0 Å². The van der Waals surface area contributed by atoms with Gasteiger partial charge in [0.1, 0.15) is 5.75 Å². The summed E-state index contributed by atoms with van der Waals surface area (Å²) in [5.41, 5.74) is 8.53. The van der Waals surface area contributed by atoms with Gasteiger partial charge in [-0.05, 0) is 25.0 Å². The Morgan fingerprint density at radius 3 is 3.29 bits per heavy atom. The number of fused-ring (bicyclic) bond motifs is 4. The lowest BCUT2D eigenvalue weighted by Gasteiger charge is -2.21. The minimum atomic E-state index is 0.322. The third kappa shape index (κ3) is 1.73. The SMILES string of the molecule is N[C@@H]1C[C@H]2NCN(c3nc4c5c(ccc4s3)OCC5)[C@H]2C1. The molecule has 1 saturated heterocycles. The van der Waals surface area contributed by atoms with E-state index < -0.39 is 0 Å². The van der Waals surface area contributed by atoms with Crippen molar-refractivity contribution in [2.75, 3.05) is 18.2 Å². The third-order valence-electron chi connectivity index (χ3n) is 4.96. The van der Waals surface area contributed by atoms with Crippen LogP contribution in [-0.4, -0.2) is 36.4 Å². The predicted octanol–water partition coefficient (Wildman–Crippen LogP) is 1.46. The van der Waals surface area contributed by atoms with Crippen LogP contribution in [0.4, 0.5) is 5.13 Å². The van der Waals surface area contributed by atoms with Gasteiger partial charge in [-0.15, -0.1) is 0 Å². The topological polar surface area (TPSA) is 63.4 Å². The molecule has 0 radical (unpaired) electrons. The maximum Gasteiger partial charge on any atom is 0.187 e. The number of thiazole rings is 1. The van der Waals surface area contributed by atoms with E-state index >= 15 is 0 Å². The van der Waals surface area contributed by atoms with Gasteiger partial charge in [0.05, 0.1) is 23.5 Å². The number of anilines is 1. The smallest absolute Gasteiger partial charge is 0.187 e. The van der Waals surface area contributed by atoms with E-state index in [2.05, 4.69) is 22.3 Å². The zero-order valence-corrected chi connectivity index (χ0v) is 12.5. The number of aromatic nitrogens is 1. The summed E-state index contributed by atoms with van der Waals surface area (Å²) in [6.45, 7) is 1.67. The van der Waals surface area contributed by atoms with Crippen molar-refractivity contribution >= 4 is 26.7 Å². The zero-order chi connectivity index (χ0) is 14.0. The highest BCUT2D eigenvalue weighted by molar-refractivity contribution is 7.22. The summed E-state index contributed by atoms with van der Waals surface area (Å²) < 4.78 is 6.91. The summed E-state index contributed by atoms with van der Waals surface area (Å²) in [7, 11) is 0. The van der Waals surface area contributed by atoms with Crippen molar-refractivity contribution in [2.24, 2.45) is 5.73 Å². The molecule has 0 unspecified atom stereocenters. The minimum absolute atomic E-state index is 0.322. The fourth-order valence-corrected chi connectivity index (χ4v) is 4.99. The molecular formula is C15H18N4OS. The van der Waals surface area contributed by atoms with Crippen LogP contribution in [0.3, 0.4) is 0 Å². The highest BCUT2D eigenvalue weighted by Crippen LogP contribution is 2.40. The average Bonchev–Trinajstić information content (AvgIpc) is 3.17. The van der Waals surface area contributed by atoms with Crippen molar-refractivity contribution in [1.82, 2.24) is 10.3 Å². The molecule has 21 heavy (non-hydrogen) atoms. The Labute approximate surface area is 127 Å². The van der Waals surface area contributed by atoms with Crippen molar-refractivity contribution in [1.29, 1.82) is 0 Å². The van der Waals surface area contributed by atoms with Crippen molar-refractivity contribution in [3.63, 3.8) is 0 Å². The van der Waals surface area contributed by atoms with Crippen molar-refractivity contribution < 1.29 is 4.74 Å². The molecule has 110 valence electrons. The van der Waals surface area contributed by atoms with E-state index in [0.29, 0.717) is 18.1 Å². The molecule has 5 rings (SSSR count). The number of hydrogen-bond donors (Lipinski definition) is 2. The van der Waals surface area contributed by atoms with Gasteiger partial charge in [0.15, 0.2) is 5.13 Å². The van der Waals surface area contributed by atoms with Crippen molar-refractivity contribution in [3.8, 4) is 5.75 Å². The van der Waals surface area contributed by atoms with Gasteiger partial charge in [-0.2, -0.15) is 0 Å². The Kier molecular flexibility index (Phi) is 2.51. The Hall–Kier alpha value is -1.37. The first-order valence-corrected chi connectivity index (χ1v) is 8.42. The molecule has 6 heteroatoms. The first-order valence-electron chi connectivity index (χ1n) is 7.60. The number of ether oxygens (including phenoxy) is 1. The summed E-state index contributed by atoms with van der Waals surface area (Å²) in [6.07, 6.45) is 3.12. The molecule has 0 amide bonds. The molecule has 1 aromatic carbocycles. The van der Waals surface area contributed by atoms with Gasteiger partial charge in [0.25, 0.3) is 0 Å². The van der Waals surface area contributed by atoms with Gasteiger partial charge in [0.2, 0.25) is 0 Å².